The van der Waals surface area contributed by atoms with E-state index in [9.17, 15) is 12.8 Å². The third-order valence-electron chi connectivity index (χ3n) is 3.71. The molecular formula is C14H15ClFN3O2S2. The monoisotopic (exact) mass is 375 g/mol. The van der Waals surface area contributed by atoms with E-state index in [-0.39, 0.29) is 16.0 Å². The highest BCUT2D eigenvalue weighted by Gasteiger charge is 2.25. The van der Waals surface area contributed by atoms with E-state index in [1.54, 1.807) is 17.5 Å². The maximum Gasteiger partial charge on any atom is 0.240 e. The number of rotatable bonds is 4. The van der Waals surface area contributed by atoms with Crippen LogP contribution >= 0.6 is 22.9 Å². The zero-order valence-corrected chi connectivity index (χ0v) is 14.5. The van der Waals surface area contributed by atoms with Gasteiger partial charge in [0.05, 0.1) is 9.92 Å². The molecule has 1 saturated heterocycles. The number of sulfonamides is 1. The molecule has 0 bridgehead atoms. The minimum Gasteiger partial charge on any atom is -0.348 e. The number of nitrogens with one attached hydrogen (secondary N) is 1. The van der Waals surface area contributed by atoms with Gasteiger partial charge in [0.1, 0.15) is 5.82 Å². The number of hydrogen-bond acceptors (Lipinski definition) is 5. The highest BCUT2D eigenvalue weighted by atomic mass is 35.5. The van der Waals surface area contributed by atoms with Crippen molar-refractivity contribution in [1.82, 2.24) is 9.71 Å². The lowest BCUT2D eigenvalue weighted by atomic mass is 10.1. The van der Waals surface area contributed by atoms with Crippen LogP contribution < -0.4 is 9.62 Å². The van der Waals surface area contributed by atoms with Gasteiger partial charge in [-0.1, -0.05) is 11.6 Å². The molecule has 0 atom stereocenters. The smallest absolute Gasteiger partial charge is 0.240 e. The number of nitrogens with zero attached hydrogens (tertiary/aromatic N) is 2. The van der Waals surface area contributed by atoms with Gasteiger partial charge in [-0.25, -0.2) is 22.5 Å². The molecular weight excluding hydrogens is 361 g/mol. The van der Waals surface area contributed by atoms with Crippen molar-refractivity contribution in [3.63, 3.8) is 0 Å². The van der Waals surface area contributed by atoms with Gasteiger partial charge in [0.2, 0.25) is 10.0 Å². The van der Waals surface area contributed by atoms with Gasteiger partial charge in [0.15, 0.2) is 5.13 Å². The SMILES string of the molecule is O=S(=O)(NC1CCN(c2nccs2)CC1)c1ccc(F)c(Cl)c1. The molecule has 0 unspecified atom stereocenters. The minimum atomic E-state index is -3.70. The molecule has 1 aliphatic heterocycles. The normalized spacial score (nSPS) is 16.7. The van der Waals surface area contributed by atoms with Crippen LogP contribution in [0, 0.1) is 5.82 Å². The van der Waals surface area contributed by atoms with Crippen molar-refractivity contribution in [3.8, 4) is 0 Å². The van der Waals surface area contributed by atoms with E-state index in [0.717, 1.165) is 30.4 Å². The lowest BCUT2D eigenvalue weighted by molar-refractivity contribution is 0.460. The molecule has 9 heteroatoms. The second kappa shape index (κ2) is 6.72. The Morgan fingerprint density at radius 2 is 2.09 bits per heavy atom. The van der Waals surface area contributed by atoms with Crippen LogP contribution in [0.1, 0.15) is 12.8 Å². The van der Waals surface area contributed by atoms with Gasteiger partial charge in [0.25, 0.3) is 0 Å². The fraction of sp³-hybridized carbons (Fsp3) is 0.357. The second-order valence-corrected chi connectivity index (χ2v) is 8.27. The van der Waals surface area contributed by atoms with Gasteiger partial charge < -0.3 is 4.90 Å². The number of thiazole rings is 1. The molecule has 23 heavy (non-hydrogen) atoms. The molecule has 1 aromatic carbocycles. The summed E-state index contributed by atoms with van der Waals surface area (Å²) < 4.78 is 40.6. The largest absolute Gasteiger partial charge is 0.348 e. The van der Waals surface area contributed by atoms with Crippen LogP contribution in [0.15, 0.2) is 34.7 Å². The summed E-state index contributed by atoms with van der Waals surface area (Å²) in [6, 6.07) is 3.25. The Hall–Kier alpha value is -1.22. The Morgan fingerprint density at radius 1 is 1.35 bits per heavy atom. The number of anilines is 1. The Bertz CT molecular complexity index is 775. The van der Waals surface area contributed by atoms with Gasteiger partial charge in [-0.2, -0.15) is 0 Å². The Balaban J connectivity index is 1.64. The lowest BCUT2D eigenvalue weighted by Crippen LogP contribution is -2.44. The van der Waals surface area contributed by atoms with E-state index in [1.807, 2.05) is 5.38 Å². The van der Waals surface area contributed by atoms with E-state index in [1.165, 1.54) is 6.07 Å². The first-order valence-corrected chi connectivity index (χ1v) is 9.81. The van der Waals surface area contributed by atoms with Crippen molar-refractivity contribution in [2.45, 2.75) is 23.8 Å². The Labute approximate surface area is 143 Å². The first-order valence-electron chi connectivity index (χ1n) is 7.07. The molecule has 0 aliphatic carbocycles. The third kappa shape index (κ3) is 3.82. The third-order valence-corrected chi connectivity index (χ3v) is 6.35. The number of benzene rings is 1. The van der Waals surface area contributed by atoms with Crippen LogP contribution in [-0.4, -0.2) is 32.5 Å². The summed E-state index contributed by atoms with van der Waals surface area (Å²) in [5.74, 6) is -0.637. The lowest BCUT2D eigenvalue weighted by Gasteiger charge is -2.31. The molecule has 2 heterocycles. The predicted octanol–water partition coefficient (Wildman–Crippen LogP) is 2.88. The number of aromatic nitrogens is 1. The maximum absolute atomic E-state index is 13.2. The van der Waals surface area contributed by atoms with Gasteiger partial charge in [-0.05, 0) is 31.0 Å². The number of hydrogen-bond donors (Lipinski definition) is 1. The van der Waals surface area contributed by atoms with Crippen LogP contribution in [0.2, 0.25) is 5.02 Å². The van der Waals surface area contributed by atoms with Crippen LogP contribution in [0.4, 0.5) is 9.52 Å². The zero-order chi connectivity index (χ0) is 16.4. The van der Waals surface area contributed by atoms with Gasteiger partial charge >= 0.3 is 0 Å². The van der Waals surface area contributed by atoms with Crippen LogP contribution in [0.5, 0.6) is 0 Å². The molecule has 0 spiro atoms. The summed E-state index contributed by atoms with van der Waals surface area (Å²) in [6.07, 6.45) is 3.13. The summed E-state index contributed by atoms with van der Waals surface area (Å²) in [7, 11) is -3.70. The molecule has 0 radical (unpaired) electrons. The summed E-state index contributed by atoms with van der Waals surface area (Å²) in [4.78, 5) is 6.38. The Kier molecular flexibility index (Phi) is 4.86. The van der Waals surface area contributed by atoms with Crippen molar-refractivity contribution < 1.29 is 12.8 Å². The molecule has 0 amide bonds. The van der Waals surface area contributed by atoms with Gasteiger partial charge in [-0.15, -0.1) is 11.3 Å². The molecule has 3 rings (SSSR count). The highest BCUT2D eigenvalue weighted by molar-refractivity contribution is 7.89. The van der Waals surface area contributed by atoms with Crippen LogP contribution in [0.25, 0.3) is 0 Å². The number of piperidine rings is 1. The summed E-state index contributed by atoms with van der Waals surface area (Å²) in [5.41, 5.74) is 0. The molecule has 0 saturated carbocycles. The molecule has 1 aromatic heterocycles. The fourth-order valence-corrected chi connectivity index (χ4v) is 4.77. The highest BCUT2D eigenvalue weighted by Crippen LogP contribution is 2.24. The van der Waals surface area contributed by atoms with Crippen molar-refractivity contribution >= 4 is 38.1 Å². The molecule has 1 fully saturated rings. The first-order chi connectivity index (χ1) is 11.0. The summed E-state index contributed by atoms with van der Waals surface area (Å²) in [6.45, 7) is 1.48. The van der Waals surface area contributed by atoms with E-state index in [4.69, 9.17) is 11.6 Å². The van der Waals surface area contributed by atoms with Crippen molar-refractivity contribution in [1.29, 1.82) is 0 Å². The summed E-state index contributed by atoms with van der Waals surface area (Å²) >= 11 is 7.23. The topological polar surface area (TPSA) is 62.3 Å². The molecule has 2 aromatic rings. The molecule has 1 aliphatic rings. The van der Waals surface area contributed by atoms with Gasteiger partial charge in [0, 0.05) is 30.7 Å². The van der Waals surface area contributed by atoms with Crippen molar-refractivity contribution in [2.24, 2.45) is 0 Å². The number of halogens is 2. The van der Waals surface area contributed by atoms with Crippen molar-refractivity contribution in [3.05, 3.63) is 40.6 Å². The summed E-state index contributed by atoms with van der Waals surface area (Å²) in [5, 5.41) is 2.67. The quantitative estimate of drug-likeness (QED) is 0.892. The van der Waals surface area contributed by atoms with Crippen molar-refractivity contribution in [2.75, 3.05) is 18.0 Å². The van der Waals surface area contributed by atoms with Crippen LogP contribution in [0.3, 0.4) is 0 Å². The van der Waals surface area contributed by atoms with E-state index in [2.05, 4.69) is 14.6 Å². The molecule has 5 nitrogen and oxygen atoms in total. The average molecular weight is 376 g/mol. The molecule has 124 valence electrons. The zero-order valence-electron chi connectivity index (χ0n) is 12.1. The fourth-order valence-electron chi connectivity index (χ4n) is 2.49. The van der Waals surface area contributed by atoms with E-state index >= 15 is 0 Å². The maximum atomic E-state index is 13.2. The van der Waals surface area contributed by atoms with E-state index in [0.29, 0.717) is 12.8 Å². The standard InChI is InChI=1S/C14H15ClFN3O2S2/c15-12-9-11(1-2-13(12)16)23(20,21)18-10-3-6-19(7-4-10)14-17-5-8-22-14/h1-2,5,8-10,18H,3-4,6-7H2. The average Bonchev–Trinajstić information content (AvgIpc) is 3.04. The molecule has 1 N–H and O–H groups in total. The Morgan fingerprint density at radius 3 is 2.70 bits per heavy atom. The van der Waals surface area contributed by atoms with Gasteiger partial charge in [-0.3, -0.25) is 0 Å². The predicted molar refractivity (Wildman–Crippen MR) is 89.1 cm³/mol. The minimum absolute atomic E-state index is 0.0220. The second-order valence-electron chi connectivity index (χ2n) is 5.27. The first kappa shape index (κ1) is 16.6. The van der Waals surface area contributed by atoms with E-state index < -0.39 is 15.8 Å². The van der Waals surface area contributed by atoms with Crippen LogP contribution in [-0.2, 0) is 10.0 Å².